The lowest BCUT2D eigenvalue weighted by Crippen LogP contribution is -2.48. The Bertz CT molecular complexity index is 6590. The van der Waals surface area contributed by atoms with Crippen LogP contribution >= 0.6 is 46.4 Å². The Kier molecular flexibility index (Phi) is 36.1. The summed E-state index contributed by atoms with van der Waals surface area (Å²) in [5, 5.41) is 55.9. The lowest BCUT2D eigenvalue weighted by atomic mass is 9.96. The smallest absolute Gasteiger partial charge is 0.335 e. The van der Waals surface area contributed by atoms with Crippen molar-refractivity contribution < 1.29 is 30.0 Å². The summed E-state index contributed by atoms with van der Waals surface area (Å²) in [6.45, 7) is 25.2. The van der Waals surface area contributed by atoms with E-state index in [9.17, 15) is 30.0 Å². The first-order valence-electron chi connectivity index (χ1n) is 49.0. The number of hydrogen-bond acceptors (Lipinski definition) is 22. The van der Waals surface area contributed by atoms with Crippen LogP contribution in [0.3, 0.4) is 0 Å². The summed E-state index contributed by atoms with van der Waals surface area (Å²) in [5.74, 6) is -1.95. The molecule has 4 aliphatic heterocycles. The van der Waals surface area contributed by atoms with Gasteiger partial charge >= 0.3 is 11.9 Å². The number of rotatable bonds is 33. The van der Waals surface area contributed by atoms with E-state index >= 15 is 0 Å². The largest absolute Gasteiger partial charge is 0.478 e. The van der Waals surface area contributed by atoms with Gasteiger partial charge in [-0.25, -0.2) is 9.59 Å². The number of carboxylic acids is 2. The van der Waals surface area contributed by atoms with Gasteiger partial charge < -0.3 is 56.0 Å². The number of aliphatic hydroxyl groups excluding tert-OH is 2. The van der Waals surface area contributed by atoms with E-state index in [2.05, 4.69) is 242 Å². The number of aromatic carboxylic acids is 2. The third-order valence-electron chi connectivity index (χ3n) is 27.2. The van der Waals surface area contributed by atoms with E-state index in [0.29, 0.717) is 16.6 Å². The molecule has 0 radical (unpaired) electrons. The van der Waals surface area contributed by atoms with E-state index in [-0.39, 0.29) is 42.5 Å². The lowest BCUT2D eigenvalue weighted by Gasteiger charge is -2.37. The van der Waals surface area contributed by atoms with Crippen molar-refractivity contribution in [3.8, 4) is 0 Å². The molecule has 0 atom stereocenters. The number of nitrogens with one attached hydrogen (secondary N) is 3. The number of pyridine rings is 6. The average molecular weight is 1990 g/mol. The summed E-state index contributed by atoms with van der Waals surface area (Å²) in [7, 11) is 0. The van der Waals surface area contributed by atoms with Crippen molar-refractivity contribution in [1.82, 2.24) is 70.4 Å². The minimum atomic E-state index is -0.973. The number of nitrogens with zero attached hydrogens (tertiary/aromatic N) is 15. The molecule has 10 heterocycles. The second-order valence-corrected chi connectivity index (χ2v) is 38.1. The van der Waals surface area contributed by atoms with E-state index in [1.165, 1.54) is 55.8 Å². The van der Waals surface area contributed by atoms with Crippen molar-refractivity contribution in [2.45, 2.75) is 44.4 Å². The zero-order valence-electron chi connectivity index (χ0n) is 80.0. The number of carboxylic acid groups (broad SMARTS) is 2. The molecule has 0 spiro atoms. The highest BCUT2D eigenvalue weighted by molar-refractivity contribution is 6.32. The van der Waals surface area contributed by atoms with Gasteiger partial charge in [-0.1, -0.05) is 180 Å². The number of carbonyl (C=O) groups is 2. The van der Waals surface area contributed by atoms with Crippen molar-refractivity contribution in [1.29, 1.82) is 0 Å². The number of anilines is 4. The molecule has 20 rings (SSSR count). The Balaban J connectivity index is 0.000000131. The standard InChI is InChI=1S/C30H29ClN4O4.C30H33ClN4O2.C28H29ClN4.C27H29ClN6/c31-24-9-10-25-26(19-24)32-12-11-27(25)35-17-15-34(16-18-35)14-13-33-28(20-1-5-22(6-2-20)29(36)37)21-3-7-23(8-4-21)30(38)39;31-26-9-10-27-28(19-26)32-12-11-29(27)35-17-15-34(16-18-35)14-13-33-30(24-5-1-22(20-36)2-6-24)25-7-3-23(21-37)4-8-25;29-24-11-12-25-26(21-24)30-14-13-27(25)33-19-17-32(18-20-33)16-15-31-28(22-7-3-1-4-8-22)23-9-5-2-6-10-23;28-24-1-2-25-26(19-24)31-12-7-27(25)34-17-15-32(16-18-34)13-14-33(20-22-3-8-29-9-4-22)21-23-5-10-30-11-6-23/h1-12,19,28,33H,13-18H2,(H,36,37)(H,38,39);1-12,19,30,33,36-37H,13-18,20-21H2;1-14,21,28,31H,15-20H2;1-12,19H,13-18,20-21H2. The normalized spacial score (nSPS) is 14.5. The summed E-state index contributed by atoms with van der Waals surface area (Å²) in [4.78, 5) is 71.2. The molecule has 24 nitrogen and oxygen atoms in total. The van der Waals surface area contributed by atoms with Crippen LogP contribution in [0.4, 0.5) is 22.7 Å². The zero-order valence-corrected chi connectivity index (χ0v) is 83.1. The molecule has 143 heavy (non-hydrogen) atoms. The van der Waals surface area contributed by atoms with Gasteiger partial charge in [0.25, 0.3) is 0 Å². The fraction of sp³-hybridized carbons (Fsp3) is 0.270. The van der Waals surface area contributed by atoms with Crippen LogP contribution in [0.2, 0.25) is 20.1 Å². The average Bonchev–Trinajstić information content (AvgIpc) is 0.806. The van der Waals surface area contributed by atoms with E-state index < -0.39 is 11.9 Å². The zero-order chi connectivity index (χ0) is 98.6. The van der Waals surface area contributed by atoms with Gasteiger partial charge in [0, 0.05) is 284 Å². The number of halogens is 4. The van der Waals surface area contributed by atoms with Crippen LogP contribution in [0.25, 0.3) is 43.6 Å². The monoisotopic (exact) mass is 1990 g/mol. The Morgan fingerprint density at radius 3 is 0.818 bits per heavy atom. The minimum Gasteiger partial charge on any atom is -0.478 e. The van der Waals surface area contributed by atoms with Crippen LogP contribution in [-0.2, 0) is 26.3 Å². The van der Waals surface area contributed by atoms with Gasteiger partial charge in [0.1, 0.15) is 0 Å². The molecular formula is C115H120Cl4N18O6. The highest BCUT2D eigenvalue weighted by atomic mass is 35.5. The highest BCUT2D eigenvalue weighted by Gasteiger charge is 2.28. The molecule has 734 valence electrons. The number of fused-ring (bicyclic) bond motifs is 4. The molecular weight excluding hydrogens is 1870 g/mol. The maximum atomic E-state index is 11.3. The van der Waals surface area contributed by atoms with Crippen molar-refractivity contribution in [3.05, 3.63) is 415 Å². The Morgan fingerprint density at radius 1 is 0.294 bits per heavy atom. The molecule has 10 aromatic carbocycles. The topological polar surface area (TPSA) is 258 Å². The molecule has 0 unspecified atom stereocenters. The summed E-state index contributed by atoms with van der Waals surface area (Å²) < 4.78 is 0. The summed E-state index contributed by atoms with van der Waals surface area (Å²) in [6.07, 6.45) is 15.0. The Morgan fingerprint density at radius 2 is 0.552 bits per heavy atom. The molecule has 28 heteroatoms. The molecule has 0 bridgehead atoms. The van der Waals surface area contributed by atoms with Crippen molar-refractivity contribution in [2.24, 2.45) is 0 Å². The van der Waals surface area contributed by atoms with Crippen LogP contribution in [0.1, 0.15) is 94.5 Å². The van der Waals surface area contributed by atoms with Crippen molar-refractivity contribution in [3.63, 3.8) is 0 Å². The Hall–Kier alpha value is -13.0. The predicted octanol–water partition coefficient (Wildman–Crippen LogP) is 19.1. The number of aromatic nitrogens is 6. The first-order valence-corrected chi connectivity index (χ1v) is 50.5. The van der Waals surface area contributed by atoms with Crippen LogP contribution in [0, 0.1) is 0 Å². The summed E-state index contributed by atoms with van der Waals surface area (Å²) in [5.41, 5.74) is 20.2. The van der Waals surface area contributed by atoms with Gasteiger partial charge in [-0.15, -0.1) is 0 Å². The molecule has 4 saturated heterocycles. The maximum absolute atomic E-state index is 11.3. The lowest BCUT2D eigenvalue weighted by molar-refractivity contribution is 0.0686. The van der Waals surface area contributed by atoms with Gasteiger partial charge in [0.05, 0.1) is 64.5 Å². The number of hydrogen-bond donors (Lipinski definition) is 7. The van der Waals surface area contributed by atoms with Crippen molar-refractivity contribution >= 4 is 125 Å². The number of piperazine rings is 4. The van der Waals surface area contributed by atoms with Crippen LogP contribution < -0.4 is 35.6 Å². The first-order chi connectivity index (χ1) is 70.0. The molecule has 4 fully saturated rings. The van der Waals surface area contributed by atoms with E-state index in [1.807, 2.05) is 128 Å². The van der Waals surface area contributed by atoms with Crippen LogP contribution in [-0.4, -0.2) is 244 Å². The molecule has 6 aromatic heterocycles. The fourth-order valence-electron chi connectivity index (χ4n) is 19.3. The van der Waals surface area contributed by atoms with Gasteiger partial charge in [0.2, 0.25) is 0 Å². The van der Waals surface area contributed by atoms with Gasteiger partial charge in [0.15, 0.2) is 0 Å². The van der Waals surface area contributed by atoms with E-state index in [0.717, 1.165) is 240 Å². The predicted molar refractivity (Wildman–Crippen MR) is 578 cm³/mol. The second-order valence-electron chi connectivity index (χ2n) is 36.3. The van der Waals surface area contributed by atoms with Gasteiger partial charge in [-0.3, -0.25) is 54.4 Å². The highest BCUT2D eigenvalue weighted by Crippen LogP contribution is 2.36. The summed E-state index contributed by atoms with van der Waals surface area (Å²) >= 11 is 24.6. The molecule has 0 amide bonds. The fourth-order valence-corrected chi connectivity index (χ4v) is 20.0. The van der Waals surface area contributed by atoms with Crippen LogP contribution in [0.15, 0.2) is 329 Å². The van der Waals surface area contributed by atoms with E-state index in [1.54, 1.807) is 48.5 Å². The third-order valence-corrected chi connectivity index (χ3v) is 28.1. The van der Waals surface area contributed by atoms with E-state index in [4.69, 9.17) is 46.4 Å². The molecule has 0 saturated carbocycles. The van der Waals surface area contributed by atoms with Gasteiger partial charge in [-0.05, 0) is 201 Å². The summed E-state index contributed by atoms with van der Waals surface area (Å²) in [6, 6.07) is 91.8. The maximum Gasteiger partial charge on any atom is 0.335 e. The SMILES string of the molecule is Clc1ccc2c(N3CCN(CCN(Cc4ccncc4)Cc4ccncc4)CC3)ccnc2c1.Clc1ccc2c(N3CCN(CCNC(c4ccccc4)c4ccccc4)CC3)ccnc2c1.O=C(O)c1ccc(C(NCCN2CCN(c3ccnc4cc(Cl)ccc34)CC2)c2ccc(C(=O)O)cc2)cc1.OCc1ccc(C(NCCN2CCN(c3ccnc4cc(Cl)ccc34)CC2)c2ccc(CO)cc2)cc1. The van der Waals surface area contributed by atoms with Crippen molar-refractivity contribution in [2.75, 3.05) is 177 Å². The minimum absolute atomic E-state index is 0.0387. The number of aliphatic hydroxyl groups is 2. The molecule has 4 aliphatic rings. The number of benzene rings is 10. The molecule has 0 aliphatic carbocycles. The second kappa shape index (κ2) is 50.8. The first kappa shape index (κ1) is 102. The van der Waals surface area contributed by atoms with Crippen LogP contribution in [0.5, 0.6) is 0 Å². The molecule has 7 N–H and O–H groups in total. The Labute approximate surface area is 855 Å². The third kappa shape index (κ3) is 27.7. The van der Waals surface area contributed by atoms with Gasteiger partial charge in [-0.2, -0.15) is 0 Å². The quantitative estimate of drug-likeness (QED) is 0.0202. The molecule has 16 aromatic rings.